The summed E-state index contributed by atoms with van der Waals surface area (Å²) in [7, 11) is 1.55. The number of rotatable bonds is 7. The number of aromatic nitrogens is 4. The zero-order valence-corrected chi connectivity index (χ0v) is 16.5. The number of ether oxygens (including phenoxy) is 3. The number of hydrogen-bond acceptors (Lipinski definition) is 7. The van der Waals surface area contributed by atoms with Crippen molar-refractivity contribution in [3.63, 3.8) is 0 Å². The van der Waals surface area contributed by atoms with Crippen molar-refractivity contribution in [1.29, 1.82) is 0 Å². The molecule has 1 aromatic carbocycles. The van der Waals surface area contributed by atoms with Crippen molar-refractivity contribution in [2.75, 3.05) is 13.7 Å². The first-order chi connectivity index (χ1) is 14.6. The molecule has 2 aromatic heterocycles. The average Bonchev–Trinajstić information content (AvgIpc) is 3.44. The maximum Gasteiger partial charge on any atom is 0.341 e. The first-order valence-electron chi connectivity index (χ1n) is 9.11. The van der Waals surface area contributed by atoms with Gasteiger partial charge in [-0.05, 0) is 30.7 Å². The van der Waals surface area contributed by atoms with Gasteiger partial charge >= 0.3 is 11.9 Å². The number of benzene rings is 1. The monoisotopic (exact) mass is 408 g/mol. The number of hydrogen-bond donors (Lipinski definition) is 1. The Bertz CT molecular complexity index is 1080. The number of aromatic amines is 1. The second kappa shape index (κ2) is 9.93. The summed E-state index contributed by atoms with van der Waals surface area (Å²) in [5, 5.41) is 10.4. The smallest absolute Gasteiger partial charge is 0.341 e. The van der Waals surface area contributed by atoms with Gasteiger partial charge in [-0.15, -0.1) is 0 Å². The Morgan fingerprint density at radius 3 is 2.70 bits per heavy atom. The van der Waals surface area contributed by atoms with Gasteiger partial charge in [0.15, 0.2) is 0 Å². The molecule has 2 heterocycles. The zero-order chi connectivity index (χ0) is 21.3. The van der Waals surface area contributed by atoms with Crippen molar-refractivity contribution in [3.8, 4) is 17.6 Å². The van der Waals surface area contributed by atoms with Gasteiger partial charge in [-0.2, -0.15) is 10.2 Å². The van der Waals surface area contributed by atoms with Crippen molar-refractivity contribution in [1.82, 2.24) is 20.0 Å². The molecule has 154 valence electrons. The largest absolute Gasteiger partial charge is 0.497 e. The van der Waals surface area contributed by atoms with Gasteiger partial charge in [0.25, 0.3) is 0 Å². The van der Waals surface area contributed by atoms with E-state index in [2.05, 4.69) is 27.1 Å². The van der Waals surface area contributed by atoms with Gasteiger partial charge in [0, 0.05) is 18.0 Å². The van der Waals surface area contributed by atoms with E-state index in [0.717, 1.165) is 5.56 Å². The molecule has 9 heteroatoms. The highest BCUT2D eigenvalue weighted by molar-refractivity contribution is 5.89. The summed E-state index contributed by atoms with van der Waals surface area (Å²) in [6, 6.07) is 5.36. The molecule has 0 aliphatic heterocycles. The fraction of sp³-hybridized carbons (Fsp3) is 0.238. The van der Waals surface area contributed by atoms with Gasteiger partial charge in [-0.1, -0.05) is 11.8 Å². The first-order valence-corrected chi connectivity index (χ1v) is 9.11. The highest BCUT2D eigenvalue weighted by atomic mass is 16.5. The lowest BCUT2D eigenvalue weighted by molar-refractivity contribution is 0.0471. The van der Waals surface area contributed by atoms with Crippen LogP contribution >= 0.6 is 0 Å². The standard InChI is InChI=1S/C21H20N4O5/c1-3-29-21(27)18-12-24-25(13-18)6-4-5-15-7-16(9-19(8-15)28-2)14-30-20(26)17-10-22-23-11-17/h7-13H,3,6,14H2,1-2H3,(H,22,23). The zero-order valence-electron chi connectivity index (χ0n) is 16.5. The molecule has 0 saturated carbocycles. The Labute approximate surface area is 172 Å². The molecule has 0 aliphatic rings. The second-order valence-corrected chi connectivity index (χ2v) is 6.08. The summed E-state index contributed by atoms with van der Waals surface area (Å²) >= 11 is 0. The summed E-state index contributed by atoms with van der Waals surface area (Å²) in [5.74, 6) is 5.72. The van der Waals surface area contributed by atoms with E-state index in [1.165, 1.54) is 18.6 Å². The minimum Gasteiger partial charge on any atom is -0.497 e. The molecule has 0 saturated heterocycles. The number of esters is 2. The van der Waals surface area contributed by atoms with Crippen molar-refractivity contribution in [2.45, 2.75) is 20.1 Å². The van der Waals surface area contributed by atoms with Crippen LogP contribution in [0.3, 0.4) is 0 Å². The van der Waals surface area contributed by atoms with Crippen LogP contribution in [0.5, 0.6) is 5.75 Å². The summed E-state index contributed by atoms with van der Waals surface area (Å²) in [6.45, 7) is 2.41. The quantitative estimate of drug-likeness (QED) is 0.472. The Morgan fingerprint density at radius 2 is 1.97 bits per heavy atom. The van der Waals surface area contributed by atoms with Crippen LogP contribution in [-0.4, -0.2) is 45.6 Å². The summed E-state index contributed by atoms with van der Waals surface area (Å²) < 4.78 is 17.1. The third-order valence-electron chi connectivity index (χ3n) is 3.92. The van der Waals surface area contributed by atoms with Crippen LogP contribution < -0.4 is 4.74 Å². The van der Waals surface area contributed by atoms with Crippen LogP contribution in [0, 0.1) is 11.8 Å². The molecule has 0 fully saturated rings. The third-order valence-corrected chi connectivity index (χ3v) is 3.92. The molecule has 0 radical (unpaired) electrons. The fourth-order valence-electron chi connectivity index (χ4n) is 2.52. The Hall–Kier alpha value is -4.06. The normalized spacial score (nSPS) is 10.1. The molecule has 0 atom stereocenters. The number of methoxy groups -OCH3 is 1. The summed E-state index contributed by atoms with van der Waals surface area (Å²) in [5.41, 5.74) is 2.15. The van der Waals surface area contributed by atoms with Gasteiger partial charge in [-0.25, -0.2) is 9.59 Å². The molecule has 0 amide bonds. The van der Waals surface area contributed by atoms with Crippen LogP contribution in [0.25, 0.3) is 0 Å². The van der Waals surface area contributed by atoms with Crippen LogP contribution in [0.2, 0.25) is 0 Å². The maximum absolute atomic E-state index is 12.0. The lowest BCUT2D eigenvalue weighted by atomic mass is 10.1. The van der Waals surface area contributed by atoms with E-state index in [-0.39, 0.29) is 6.61 Å². The van der Waals surface area contributed by atoms with E-state index < -0.39 is 11.9 Å². The SMILES string of the molecule is CCOC(=O)c1cnn(CC#Cc2cc(COC(=O)c3cn[nH]c3)cc(OC)c2)c1. The molecule has 0 bridgehead atoms. The van der Waals surface area contributed by atoms with Gasteiger partial charge in [0.05, 0.1) is 37.2 Å². The molecule has 1 N–H and O–H groups in total. The third kappa shape index (κ3) is 5.48. The van der Waals surface area contributed by atoms with Crippen LogP contribution in [-0.2, 0) is 22.6 Å². The van der Waals surface area contributed by atoms with Gasteiger partial charge in [0.1, 0.15) is 18.9 Å². The molecule has 0 aliphatic carbocycles. The topological polar surface area (TPSA) is 108 Å². The lowest BCUT2D eigenvalue weighted by Gasteiger charge is -2.07. The van der Waals surface area contributed by atoms with Crippen molar-refractivity contribution in [2.24, 2.45) is 0 Å². The molecule has 3 rings (SSSR count). The molecule has 9 nitrogen and oxygen atoms in total. The molecular weight excluding hydrogens is 388 g/mol. The van der Waals surface area contributed by atoms with E-state index in [1.807, 2.05) is 6.07 Å². The minimum atomic E-state index is -0.477. The van der Waals surface area contributed by atoms with Gasteiger partial charge in [-0.3, -0.25) is 9.78 Å². The predicted octanol–water partition coefficient (Wildman–Crippen LogP) is 2.20. The average molecular weight is 408 g/mol. The summed E-state index contributed by atoms with van der Waals surface area (Å²) in [6.07, 6.45) is 5.89. The number of nitrogens with one attached hydrogen (secondary N) is 1. The van der Waals surface area contributed by atoms with E-state index in [1.54, 1.807) is 37.0 Å². The summed E-state index contributed by atoms with van der Waals surface area (Å²) in [4.78, 5) is 23.6. The first kappa shape index (κ1) is 20.7. The fourth-order valence-corrected chi connectivity index (χ4v) is 2.52. The second-order valence-electron chi connectivity index (χ2n) is 6.08. The molecule has 0 unspecified atom stereocenters. The minimum absolute atomic E-state index is 0.0674. The molecule has 3 aromatic rings. The van der Waals surface area contributed by atoms with Gasteiger partial charge in [0.2, 0.25) is 0 Å². The van der Waals surface area contributed by atoms with Crippen LogP contribution in [0.15, 0.2) is 43.0 Å². The Kier molecular flexibility index (Phi) is 6.84. The van der Waals surface area contributed by atoms with Crippen molar-refractivity contribution in [3.05, 3.63) is 65.2 Å². The van der Waals surface area contributed by atoms with Crippen molar-refractivity contribution < 1.29 is 23.8 Å². The van der Waals surface area contributed by atoms with Crippen LogP contribution in [0.4, 0.5) is 0 Å². The Morgan fingerprint density at radius 1 is 1.13 bits per heavy atom. The van der Waals surface area contributed by atoms with E-state index >= 15 is 0 Å². The number of H-pyrrole nitrogens is 1. The highest BCUT2D eigenvalue weighted by Gasteiger charge is 2.10. The van der Waals surface area contributed by atoms with Crippen molar-refractivity contribution >= 4 is 11.9 Å². The highest BCUT2D eigenvalue weighted by Crippen LogP contribution is 2.18. The molecule has 0 spiro atoms. The molecular formula is C21H20N4O5. The molecule has 30 heavy (non-hydrogen) atoms. The van der Waals surface area contributed by atoms with E-state index in [0.29, 0.717) is 35.6 Å². The van der Waals surface area contributed by atoms with E-state index in [4.69, 9.17) is 14.2 Å². The maximum atomic E-state index is 12.0. The lowest BCUT2D eigenvalue weighted by Crippen LogP contribution is -2.04. The number of nitrogens with zero attached hydrogens (tertiary/aromatic N) is 3. The van der Waals surface area contributed by atoms with Crippen LogP contribution in [0.1, 0.15) is 38.8 Å². The predicted molar refractivity (Wildman–Crippen MR) is 106 cm³/mol. The Balaban J connectivity index is 1.65. The van der Waals surface area contributed by atoms with Gasteiger partial charge < -0.3 is 14.2 Å². The number of carbonyl (C=O) groups excluding carboxylic acids is 2. The number of carbonyl (C=O) groups is 2. The van der Waals surface area contributed by atoms with E-state index in [9.17, 15) is 9.59 Å².